The predicted molar refractivity (Wildman–Crippen MR) is 88.9 cm³/mol. The van der Waals surface area contributed by atoms with Crippen molar-refractivity contribution in [2.45, 2.75) is 13.5 Å². The van der Waals surface area contributed by atoms with E-state index < -0.39 is 0 Å². The number of hydrogen-bond acceptors (Lipinski definition) is 3. The van der Waals surface area contributed by atoms with Crippen molar-refractivity contribution < 1.29 is 9.53 Å². The van der Waals surface area contributed by atoms with Gasteiger partial charge in [0.1, 0.15) is 0 Å². The van der Waals surface area contributed by atoms with E-state index in [1.165, 1.54) is 0 Å². The summed E-state index contributed by atoms with van der Waals surface area (Å²) in [5, 5.41) is 4.01. The summed E-state index contributed by atoms with van der Waals surface area (Å²) in [5.74, 6) is -0.320. The second-order valence-electron chi connectivity index (χ2n) is 4.40. The van der Waals surface area contributed by atoms with Gasteiger partial charge in [-0.25, -0.2) is 4.79 Å². The van der Waals surface area contributed by atoms with E-state index in [9.17, 15) is 4.79 Å². The fourth-order valence-electron chi connectivity index (χ4n) is 1.84. The molecule has 0 atom stereocenters. The molecule has 21 heavy (non-hydrogen) atoms. The van der Waals surface area contributed by atoms with Crippen LogP contribution >= 0.6 is 27.5 Å². The molecule has 0 radical (unpaired) electrons. The third kappa shape index (κ3) is 4.48. The van der Waals surface area contributed by atoms with E-state index >= 15 is 0 Å². The fraction of sp³-hybridized carbons (Fsp3) is 0.188. The van der Waals surface area contributed by atoms with Crippen LogP contribution in [0.1, 0.15) is 22.8 Å². The molecule has 2 rings (SSSR count). The lowest BCUT2D eigenvalue weighted by molar-refractivity contribution is 0.0526. The molecule has 0 spiro atoms. The molecule has 3 nitrogen and oxygen atoms in total. The van der Waals surface area contributed by atoms with E-state index in [2.05, 4.69) is 21.2 Å². The van der Waals surface area contributed by atoms with Crippen LogP contribution < -0.4 is 5.32 Å². The van der Waals surface area contributed by atoms with E-state index in [1.54, 1.807) is 19.1 Å². The van der Waals surface area contributed by atoms with Crippen LogP contribution in [0, 0.1) is 0 Å². The molecule has 2 aromatic rings. The number of hydrogen-bond donors (Lipinski definition) is 1. The van der Waals surface area contributed by atoms with Crippen molar-refractivity contribution >= 4 is 39.2 Å². The average molecular weight is 369 g/mol. The van der Waals surface area contributed by atoms with Gasteiger partial charge in [-0.3, -0.25) is 0 Å². The second-order valence-corrected chi connectivity index (χ2v) is 5.69. The van der Waals surface area contributed by atoms with Gasteiger partial charge in [0.2, 0.25) is 0 Å². The summed E-state index contributed by atoms with van der Waals surface area (Å²) < 4.78 is 5.79. The topological polar surface area (TPSA) is 38.3 Å². The number of rotatable bonds is 5. The maximum Gasteiger partial charge on any atom is 0.338 e. The van der Waals surface area contributed by atoms with Crippen molar-refractivity contribution in [3.8, 4) is 0 Å². The monoisotopic (exact) mass is 367 g/mol. The van der Waals surface area contributed by atoms with E-state index in [4.69, 9.17) is 16.3 Å². The Bertz CT molecular complexity index is 646. The molecule has 2 aromatic carbocycles. The Morgan fingerprint density at radius 1 is 1.29 bits per heavy atom. The third-order valence-electron chi connectivity index (χ3n) is 2.85. The van der Waals surface area contributed by atoms with Gasteiger partial charge < -0.3 is 10.1 Å². The van der Waals surface area contributed by atoms with Crippen molar-refractivity contribution in [1.82, 2.24) is 0 Å². The Kier molecular flexibility index (Phi) is 5.65. The van der Waals surface area contributed by atoms with Gasteiger partial charge in [-0.1, -0.05) is 23.7 Å². The Morgan fingerprint density at radius 3 is 2.76 bits per heavy atom. The van der Waals surface area contributed by atoms with Crippen LogP contribution in [-0.4, -0.2) is 12.6 Å². The van der Waals surface area contributed by atoms with Gasteiger partial charge >= 0.3 is 5.97 Å². The number of nitrogens with one attached hydrogen (secondary N) is 1. The molecule has 0 aromatic heterocycles. The molecule has 110 valence electrons. The maximum absolute atomic E-state index is 11.6. The highest BCUT2D eigenvalue weighted by Gasteiger charge is 2.09. The van der Waals surface area contributed by atoms with Gasteiger partial charge in [-0.05, 0) is 58.7 Å². The first-order chi connectivity index (χ1) is 10.1. The summed E-state index contributed by atoms with van der Waals surface area (Å²) in [5.41, 5.74) is 2.52. The molecule has 0 heterocycles. The zero-order valence-electron chi connectivity index (χ0n) is 11.5. The van der Waals surface area contributed by atoms with Crippen LogP contribution in [0.4, 0.5) is 5.69 Å². The number of carbonyl (C=O) groups is 1. The van der Waals surface area contributed by atoms with Gasteiger partial charge in [0.25, 0.3) is 0 Å². The number of esters is 1. The van der Waals surface area contributed by atoms with Crippen LogP contribution in [0.3, 0.4) is 0 Å². The van der Waals surface area contributed by atoms with E-state index in [0.29, 0.717) is 23.7 Å². The molecule has 0 unspecified atom stereocenters. The Hall–Kier alpha value is -1.52. The first-order valence-corrected chi connectivity index (χ1v) is 7.72. The summed E-state index contributed by atoms with van der Waals surface area (Å²) in [6.07, 6.45) is 0. The first kappa shape index (κ1) is 15.9. The standard InChI is InChI=1S/C16H15BrClNO2/c1-2-21-16(20)12-6-7-15(14(17)9-12)19-10-11-4-3-5-13(18)8-11/h3-9,19H,2,10H2,1H3. The highest BCUT2D eigenvalue weighted by atomic mass is 79.9. The van der Waals surface area contributed by atoms with Gasteiger partial charge in [0.15, 0.2) is 0 Å². The van der Waals surface area contributed by atoms with Crippen molar-refractivity contribution in [1.29, 1.82) is 0 Å². The minimum Gasteiger partial charge on any atom is -0.462 e. The molecule has 0 saturated carbocycles. The van der Waals surface area contributed by atoms with E-state index in [1.807, 2.05) is 30.3 Å². The largest absolute Gasteiger partial charge is 0.462 e. The lowest BCUT2D eigenvalue weighted by Crippen LogP contribution is -2.05. The summed E-state index contributed by atoms with van der Waals surface area (Å²) in [7, 11) is 0. The zero-order chi connectivity index (χ0) is 15.2. The summed E-state index contributed by atoms with van der Waals surface area (Å²) in [6, 6.07) is 13.0. The SMILES string of the molecule is CCOC(=O)c1ccc(NCc2cccc(Cl)c2)c(Br)c1. The molecule has 0 aliphatic rings. The summed E-state index contributed by atoms with van der Waals surface area (Å²) in [4.78, 5) is 11.6. The van der Waals surface area contributed by atoms with Crippen molar-refractivity contribution in [3.63, 3.8) is 0 Å². The molecule has 0 saturated heterocycles. The molecule has 0 aliphatic carbocycles. The highest BCUT2D eigenvalue weighted by molar-refractivity contribution is 9.10. The minimum absolute atomic E-state index is 0.320. The Labute approximate surface area is 137 Å². The predicted octanol–water partition coefficient (Wildman–Crippen LogP) is 4.89. The van der Waals surface area contributed by atoms with Gasteiger partial charge in [-0.15, -0.1) is 0 Å². The smallest absolute Gasteiger partial charge is 0.338 e. The molecule has 0 bridgehead atoms. The van der Waals surface area contributed by atoms with E-state index in [-0.39, 0.29) is 5.97 Å². The molecule has 5 heteroatoms. The second kappa shape index (κ2) is 7.48. The lowest BCUT2D eigenvalue weighted by Gasteiger charge is -2.10. The first-order valence-electron chi connectivity index (χ1n) is 6.55. The zero-order valence-corrected chi connectivity index (χ0v) is 13.9. The maximum atomic E-state index is 11.6. The molecule has 1 N–H and O–H groups in total. The summed E-state index contributed by atoms with van der Waals surface area (Å²) >= 11 is 9.41. The molecular weight excluding hydrogens is 354 g/mol. The number of carbonyl (C=O) groups excluding carboxylic acids is 1. The van der Waals surface area contributed by atoms with Crippen molar-refractivity contribution in [2.24, 2.45) is 0 Å². The van der Waals surface area contributed by atoms with E-state index in [0.717, 1.165) is 15.7 Å². The Balaban J connectivity index is 2.06. The third-order valence-corrected chi connectivity index (χ3v) is 3.74. The number of ether oxygens (including phenoxy) is 1. The molecular formula is C16H15BrClNO2. The average Bonchev–Trinajstić information content (AvgIpc) is 2.46. The molecule has 0 amide bonds. The molecule has 0 aliphatic heterocycles. The van der Waals surface area contributed by atoms with Gasteiger partial charge in [0.05, 0.1) is 12.2 Å². The molecule has 0 fully saturated rings. The lowest BCUT2D eigenvalue weighted by atomic mass is 10.2. The van der Waals surface area contributed by atoms with Crippen LogP contribution in [0.5, 0.6) is 0 Å². The van der Waals surface area contributed by atoms with Crippen LogP contribution in [0.2, 0.25) is 5.02 Å². The van der Waals surface area contributed by atoms with Gasteiger partial charge in [0, 0.05) is 21.7 Å². The number of halogens is 2. The fourth-order valence-corrected chi connectivity index (χ4v) is 2.58. The summed E-state index contributed by atoms with van der Waals surface area (Å²) in [6.45, 7) is 2.80. The number of benzene rings is 2. The Morgan fingerprint density at radius 2 is 2.10 bits per heavy atom. The minimum atomic E-state index is -0.320. The van der Waals surface area contributed by atoms with Crippen molar-refractivity contribution in [2.75, 3.05) is 11.9 Å². The quantitative estimate of drug-likeness (QED) is 0.764. The van der Waals surface area contributed by atoms with Gasteiger partial charge in [-0.2, -0.15) is 0 Å². The normalized spacial score (nSPS) is 10.2. The number of anilines is 1. The van der Waals surface area contributed by atoms with Crippen molar-refractivity contribution in [3.05, 3.63) is 63.1 Å². The van der Waals surface area contributed by atoms with Crippen LogP contribution in [0.25, 0.3) is 0 Å². The van der Waals surface area contributed by atoms with Crippen LogP contribution in [0.15, 0.2) is 46.9 Å². The highest BCUT2D eigenvalue weighted by Crippen LogP contribution is 2.25. The van der Waals surface area contributed by atoms with Crippen LogP contribution in [-0.2, 0) is 11.3 Å².